The minimum atomic E-state index is -0.731. The highest BCUT2D eigenvalue weighted by molar-refractivity contribution is 5.66. The summed E-state index contributed by atoms with van der Waals surface area (Å²) in [4.78, 5) is 13.1. The maximum Gasteiger partial charge on any atom is 0.304 e. The molecule has 1 N–H and O–H groups in total. The van der Waals surface area contributed by atoms with Gasteiger partial charge in [0.2, 0.25) is 0 Å². The van der Waals surface area contributed by atoms with Crippen LogP contribution >= 0.6 is 0 Å². The number of aliphatic carboxylic acids is 1. The van der Waals surface area contributed by atoms with Crippen molar-refractivity contribution in [2.75, 3.05) is 39.5 Å². The Morgan fingerprint density at radius 3 is 2.68 bits per heavy atom. The molecule has 0 saturated carbocycles. The Hall–Kier alpha value is -2.57. The van der Waals surface area contributed by atoms with E-state index >= 15 is 0 Å². The molecule has 2 aromatic rings. The van der Waals surface area contributed by atoms with Gasteiger partial charge in [-0.1, -0.05) is 36.4 Å². The molecule has 2 aliphatic rings. The quantitative estimate of drug-likeness (QED) is 0.583. The van der Waals surface area contributed by atoms with Crippen molar-refractivity contribution < 1.29 is 24.1 Å². The second kappa shape index (κ2) is 10.2. The maximum atomic E-state index is 10.8. The number of carboxylic acid groups (broad SMARTS) is 1. The van der Waals surface area contributed by atoms with Crippen LogP contribution in [0.2, 0.25) is 0 Å². The molecule has 0 unspecified atom stereocenters. The fourth-order valence-corrected chi connectivity index (χ4v) is 4.43. The standard InChI is InChI=1S/C25H31NO5/c27-24(28)9-12-26-13-10-25(11-14-26)19-31-23-17-21(7-8-22(23)25)30-16-4-15-29-18-20-5-2-1-3-6-20/h1-3,5-8,17H,4,9-16,18-19H2,(H,27,28). The molecule has 2 aliphatic heterocycles. The fourth-order valence-electron chi connectivity index (χ4n) is 4.43. The lowest BCUT2D eigenvalue weighted by Gasteiger charge is -2.38. The highest BCUT2D eigenvalue weighted by Crippen LogP contribution is 2.46. The van der Waals surface area contributed by atoms with Crippen LogP contribution in [0.15, 0.2) is 48.5 Å². The number of fused-ring (bicyclic) bond motifs is 2. The van der Waals surface area contributed by atoms with E-state index in [0.29, 0.717) is 33.0 Å². The van der Waals surface area contributed by atoms with Crippen molar-refractivity contribution in [3.63, 3.8) is 0 Å². The van der Waals surface area contributed by atoms with E-state index in [-0.39, 0.29) is 11.8 Å². The number of likely N-dealkylation sites (tertiary alicyclic amines) is 1. The van der Waals surface area contributed by atoms with Gasteiger partial charge in [-0.15, -0.1) is 0 Å². The summed E-state index contributed by atoms with van der Waals surface area (Å²) in [6.45, 7) is 5.06. The maximum absolute atomic E-state index is 10.8. The summed E-state index contributed by atoms with van der Waals surface area (Å²) in [6.07, 6.45) is 3.04. The summed E-state index contributed by atoms with van der Waals surface area (Å²) >= 11 is 0. The smallest absolute Gasteiger partial charge is 0.304 e. The van der Waals surface area contributed by atoms with E-state index in [2.05, 4.69) is 23.1 Å². The van der Waals surface area contributed by atoms with Gasteiger partial charge in [0.1, 0.15) is 11.5 Å². The third kappa shape index (κ3) is 5.57. The largest absolute Gasteiger partial charge is 0.493 e. The van der Waals surface area contributed by atoms with Gasteiger partial charge in [0, 0.05) is 30.0 Å². The summed E-state index contributed by atoms with van der Waals surface area (Å²) in [6, 6.07) is 16.4. The van der Waals surface area contributed by atoms with E-state index in [9.17, 15) is 4.79 Å². The first-order valence-corrected chi connectivity index (χ1v) is 11.1. The molecule has 4 rings (SSSR count). The topological polar surface area (TPSA) is 68.2 Å². The van der Waals surface area contributed by atoms with Crippen LogP contribution in [0.5, 0.6) is 11.5 Å². The zero-order valence-corrected chi connectivity index (χ0v) is 17.9. The highest BCUT2D eigenvalue weighted by atomic mass is 16.5. The Kier molecular flexibility index (Phi) is 7.10. The third-order valence-electron chi connectivity index (χ3n) is 6.30. The van der Waals surface area contributed by atoms with Gasteiger partial charge in [-0.25, -0.2) is 0 Å². The van der Waals surface area contributed by atoms with Gasteiger partial charge in [0.05, 0.1) is 32.8 Å². The number of hydrogen-bond donors (Lipinski definition) is 1. The second-order valence-corrected chi connectivity index (χ2v) is 8.45. The number of carbonyl (C=O) groups is 1. The molecule has 0 aliphatic carbocycles. The number of ether oxygens (including phenoxy) is 3. The van der Waals surface area contributed by atoms with Gasteiger partial charge in [-0.3, -0.25) is 4.79 Å². The SMILES string of the molecule is O=C(O)CCN1CCC2(CC1)COc1cc(OCCCOCc3ccccc3)ccc12. The Labute approximate surface area is 183 Å². The van der Waals surface area contributed by atoms with Crippen molar-refractivity contribution in [3.05, 3.63) is 59.7 Å². The average Bonchev–Trinajstić information content (AvgIpc) is 3.14. The lowest BCUT2D eigenvalue weighted by atomic mass is 9.74. The number of hydrogen-bond acceptors (Lipinski definition) is 5. The third-order valence-corrected chi connectivity index (χ3v) is 6.30. The minimum Gasteiger partial charge on any atom is -0.493 e. The molecular formula is C25H31NO5. The van der Waals surface area contributed by atoms with Crippen LogP contribution < -0.4 is 9.47 Å². The van der Waals surface area contributed by atoms with Crippen LogP contribution in [0.1, 0.15) is 36.8 Å². The molecule has 2 aromatic carbocycles. The van der Waals surface area contributed by atoms with Crippen LogP contribution in [0, 0.1) is 0 Å². The first kappa shape index (κ1) is 21.7. The summed E-state index contributed by atoms with van der Waals surface area (Å²) in [5.74, 6) is 1.03. The molecule has 6 nitrogen and oxygen atoms in total. The Balaban J connectivity index is 1.21. The summed E-state index contributed by atoms with van der Waals surface area (Å²) in [5.41, 5.74) is 2.50. The van der Waals surface area contributed by atoms with E-state index in [1.165, 1.54) is 11.1 Å². The van der Waals surface area contributed by atoms with Gasteiger partial charge < -0.3 is 24.2 Å². The predicted molar refractivity (Wildman–Crippen MR) is 118 cm³/mol. The van der Waals surface area contributed by atoms with Crippen molar-refractivity contribution in [1.82, 2.24) is 4.90 Å². The van der Waals surface area contributed by atoms with E-state index in [1.807, 2.05) is 30.3 Å². The molecule has 0 bridgehead atoms. The van der Waals surface area contributed by atoms with Crippen LogP contribution in [0.3, 0.4) is 0 Å². The molecule has 166 valence electrons. The van der Waals surface area contributed by atoms with E-state index in [4.69, 9.17) is 19.3 Å². The van der Waals surface area contributed by atoms with Gasteiger partial charge in [-0.2, -0.15) is 0 Å². The number of nitrogens with zero attached hydrogens (tertiary/aromatic N) is 1. The molecule has 0 aromatic heterocycles. The summed E-state index contributed by atoms with van der Waals surface area (Å²) < 4.78 is 17.7. The van der Waals surface area contributed by atoms with Gasteiger partial charge in [0.25, 0.3) is 0 Å². The number of piperidine rings is 1. The van der Waals surface area contributed by atoms with Gasteiger partial charge in [0.15, 0.2) is 0 Å². The molecule has 1 fully saturated rings. The van der Waals surface area contributed by atoms with Crippen molar-refractivity contribution >= 4 is 5.97 Å². The zero-order valence-electron chi connectivity index (χ0n) is 17.9. The average molecular weight is 426 g/mol. The molecule has 0 radical (unpaired) electrons. The number of benzene rings is 2. The second-order valence-electron chi connectivity index (χ2n) is 8.45. The molecule has 0 atom stereocenters. The fraction of sp³-hybridized carbons (Fsp3) is 0.480. The molecule has 2 heterocycles. The molecule has 31 heavy (non-hydrogen) atoms. The van der Waals surface area contributed by atoms with Crippen molar-refractivity contribution in [1.29, 1.82) is 0 Å². The van der Waals surface area contributed by atoms with Crippen molar-refractivity contribution in [2.45, 2.75) is 37.7 Å². The first-order valence-electron chi connectivity index (χ1n) is 11.1. The molecule has 1 saturated heterocycles. The van der Waals surface area contributed by atoms with E-state index in [1.54, 1.807) is 0 Å². The molecular weight excluding hydrogens is 394 g/mol. The van der Waals surface area contributed by atoms with E-state index in [0.717, 1.165) is 43.9 Å². The summed E-state index contributed by atoms with van der Waals surface area (Å²) in [5, 5.41) is 8.89. The van der Waals surface area contributed by atoms with E-state index < -0.39 is 5.97 Å². The predicted octanol–water partition coefficient (Wildman–Crippen LogP) is 3.87. The first-order chi connectivity index (χ1) is 15.1. The zero-order chi connectivity index (χ0) is 21.5. The van der Waals surface area contributed by atoms with Crippen LogP contribution in [-0.2, 0) is 21.6 Å². The van der Waals surface area contributed by atoms with Gasteiger partial charge >= 0.3 is 5.97 Å². The number of rotatable bonds is 10. The molecule has 0 amide bonds. The van der Waals surface area contributed by atoms with Crippen molar-refractivity contribution in [2.24, 2.45) is 0 Å². The Morgan fingerprint density at radius 1 is 1.10 bits per heavy atom. The van der Waals surface area contributed by atoms with Crippen LogP contribution in [-0.4, -0.2) is 55.4 Å². The Bertz CT molecular complexity index is 861. The Morgan fingerprint density at radius 2 is 1.90 bits per heavy atom. The number of carboxylic acids is 1. The highest BCUT2D eigenvalue weighted by Gasteiger charge is 2.43. The van der Waals surface area contributed by atoms with Crippen molar-refractivity contribution in [3.8, 4) is 11.5 Å². The monoisotopic (exact) mass is 425 g/mol. The van der Waals surface area contributed by atoms with Crippen LogP contribution in [0.25, 0.3) is 0 Å². The molecule has 6 heteroatoms. The van der Waals surface area contributed by atoms with Crippen LogP contribution in [0.4, 0.5) is 0 Å². The summed E-state index contributed by atoms with van der Waals surface area (Å²) in [7, 11) is 0. The minimum absolute atomic E-state index is 0.0544. The molecule has 1 spiro atoms. The van der Waals surface area contributed by atoms with Gasteiger partial charge in [-0.05, 0) is 37.6 Å². The lowest BCUT2D eigenvalue weighted by molar-refractivity contribution is -0.137. The lowest BCUT2D eigenvalue weighted by Crippen LogP contribution is -2.44. The normalized spacial score (nSPS) is 17.3.